The molecule has 0 amide bonds. The molecule has 1 aliphatic carbocycles. The third-order valence-corrected chi connectivity index (χ3v) is 3.54. The summed E-state index contributed by atoms with van der Waals surface area (Å²) in [5.74, 6) is 0.0463. The number of carbonyl (C=O) groups excluding carboxylic acids is 1. The SMILES string of the molecule is CCCCCCCOC(=O)C1CCCC(N)C1. The minimum Gasteiger partial charge on any atom is -0.465 e. The third kappa shape index (κ3) is 6.06. The van der Waals surface area contributed by atoms with Gasteiger partial charge in [0.2, 0.25) is 0 Å². The zero-order chi connectivity index (χ0) is 12.5. The Labute approximate surface area is 105 Å². The van der Waals surface area contributed by atoms with Crippen molar-refractivity contribution in [3.63, 3.8) is 0 Å². The van der Waals surface area contributed by atoms with Gasteiger partial charge in [-0.25, -0.2) is 0 Å². The quantitative estimate of drug-likeness (QED) is 0.550. The average Bonchev–Trinajstić information content (AvgIpc) is 2.33. The largest absolute Gasteiger partial charge is 0.465 e. The van der Waals surface area contributed by atoms with Crippen molar-refractivity contribution in [1.82, 2.24) is 0 Å². The van der Waals surface area contributed by atoms with Crippen LogP contribution in [0.15, 0.2) is 0 Å². The van der Waals surface area contributed by atoms with Crippen molar-refractivity contribution in [2.75, 3.05) is 6.61 Å². The second-order valence-electron chi connectivity index (χ2n) is 5.21. The van der Waals surface area contributed by atoms with E-state index in [1.165, 1.54) is 25.7 Å². The van der Waals surface area contributed by atoms with Gasteiger partial charge >= 0.3 is 5.97 Å². The molecule has 0 aliphatic heterocycles. The topological polar surface area (TPSA) is 52.3 Å². The van der Waals surface area contributed by atoms with E-state index in [9.17, 15) is 4.79 Å². The fraction of sp³-hybridized carbons (Fsp3) is 0.929. The third-order valence-electron chi connectivity index (χ3n) is 3.54. The molecule has 0 heterocycles. The molecule has 2 unspecified atom stereocenters. The molecule has 3 nitrogen and oxygen atoms in total. The first-order chi connectivity index (χ1) is 8.24. The number of carbonyl (C=O) groups is 1. The molecule has 100 valence electrons. The second-order valence-corrected chi connectivity index (χ2v) is 5.21. The van der Waals surface area contributed by atoms with Crippen molar-refractivity contribution in [2.45, 2.75) is 70.8 Å². The molecule has 17 heavy (non-hydrogen) atoms. The normalized spacial score (nSPS) is 24.6. The number of nitrogens with two attached hydrogens (primary N) is 1. The van der Waals surface area contributed by atoms with Crippen molar-refractivity contribution in [3.05, 3.63) is 0 Å². The Morgan fingerprint density at radius 3 is 2.71 bits per heavy atom. The summed E-state index contributed by atoms with van der Waals surface area (Å²) < 4.78 is 5.32. The number of rotatable bonds is 7. The Morgan fingerprint density at radius 2 is 2.00 bits per heavy atom. The molecule has 1 rings (SSSR count). The number of ether oxygens (including phenoxy) is 1. The van der Waals surface area contributed by atoms with E-state index in [2.05, 4.69) is 6.92 Å². The Balaban J connectivity index is 2.04. The van der Waals surface area contributed by atoms with E-state index in [1.807, 2.05) is 0 Å². The van der Waals surface area contributed by atoms with Crippen LogP contribution in [0.5, 0.6) is 0 Å². The maximum absolute atomic E-state index is 11.8. The average molecular weight is 241 g/mol. The van der Waals surface area contributed by atoms with Crippen LogP contribution in [0.25, 0.3) is 0 Å². The van der Waals surface area contributed by atoms with Gasteiger partial charge in [-0.1, -0.05) is 39.0 Å². The van der Waals surface area contributed by atoms with Crippen LogP contribution in [0, 0.1) is 5.92 Å². The molecular weight excluding hydrogens is 214 g/mol. The van der Waals surface area contributed by atoms with Gasteiger partial charge in [0, 0.05) is 6.04 Å². The summed E-state index contributed by atoms with van der Waals surface area (Å²) >= 11 is 0. The fourth-order valence-corrected chi connectivity index (χ4v) is 2.44. The van der Waals surface area contributed by atoms with E-state index in [-0.39, 0.29) is 17.9 Å². The summed E-state index contributed by atoms with van der Waals surface area (Å²) in [6.45, 7) is 2.79. The Bertz CT molecular complexity index is 218. The highest BCUT2D eigenvalue weighted by Gasteiger charge is 2.26. The predicted octanol–water partition coefficient (Wildman–Crippen LogP) is 3.02. The van der Waals surface area contributed by atoms with Crippen LogP contribution in [-0.2, 0) is 9.53 Å². The molecule has 2 N–H and O–H groups in total. The van der Waals surface area contributed by atoms with Gasteiger partial charge < -0.3 is 10.5 Å². The van der Waals surface area contributed by atoms with E-state index in [0.29, 0.717) is 6.61 Å². The Hall–Kier alpha value is -0.570. The highest BCUT2D eigenvalue weighted by molar-refractivity contribution is 5.72. The van der Waals surface area contributed by atoms with Gasteiger partial charge in [0.05, 0.1) is 12.5 Å². The van der Waals surface area contributed by atoms with Crippen LogP contribution in [-0.4, -0.2) is 18.6 Å². The van der Waals surface area contributed by atoms with Crippen molar-refractivity contribution in [2.24, 2.45) is 11.7 Å². The molecule has 3 heteroatoms. The van der Waals surface area contributed by atoms with E-state index in [1.54, 1.807) is 0 Å². The maximum Gasteiger partial charge on any atom is 0.308 e. The van der Waals surface area contributed by atoms with Crippen LogP contribution in [0.2, 0.25) is 0 Å². The zero-order valence-electron chi connectivity index (χ0n) is 11.1. The predicted molar refractivity (Wildman–Crippen MR) is 69.7 cm³/mol. The Morgan fingerprint density at radius 1 is 1.24 bits per heavy atom. The van der Waals surface area contributed by atoms with Gasteiger partial charge in [0.25, 0.3) is 0 Å². The molecule has 1 aliphatic rings. The maximum atomic E-state index is 11.8. The van der Waals surface area contributed by atoms with E-state index < -0.39 is 0 Å². The molecule has 0 aromatic carbocycles. The molecule has 1 fully saturated rings. The molecule has 0 saturated heterocycles. The van der Waals surface area contributed by atoms with Crippen molar-refractivity contribution < 1.29 is 9.53 Å². The first kappa shape index (κ1) is 14.5. The molecule has 2 atom stereocenters. The summed E-state index contributed by atoms with van der Waals surface area (Å²) in [7, 11) is 0. The molecule has 0 spiro atoms. The van der Waals surface area contributed by atoms with Crippen LogP contribution >= 0.6 is 0 Å². The summed E-state index contributed by atoms with van der Waals surface area (Å²) in [6.07, 6.45) is 9.86. The highest BCUT2D eigenvalue weighted by Crippen LogP contribution is 2.24. The molecule has 0 radical (unpaired) electrons. The van der Waals surface area contributed by atoms with Crippen molar-refractivity contribution in [3.8, 4) is 0 Å². The van der Waals surface area contributed by atoms with E-state index in [4.69, 9.17) is 10.5 Å². The molecule has 1 saturated carbocycles. The number of hydrogen-bond acceptors (Lipinski definition) is 3. The van der Waals surface area contributed by atoms with Gasteiger partial charge in [-0.3, -0.25) is 4.79 Å². The minimum absolute atomic E-state index is 0.0179. The van der Waals surface area contributed by atoms with Gasteiger partial charge in [-0.05, 0) is 25.7 Å². The smallest absolute Gasteiger partial charge is 0.308 e. The Kier molecular flexibility index (Phi) is 7.25. The lowest BCUT2D eigenvalue weighted by atomic mass is 9.86. The van der Waals surface area contributed by atoms with E-state index in [0.717, 1.165) is 32.1 Å². The first-order valence-electron chi connectivity index (χ1n) is 7.16. The van der Waals surface area contributed by atoms with Gasteiger partial charge in [-0.15, -0.1) is 0 Å². The van der Waals surface area contributed by atoms with Crippen LogP contribution < -0.4 is 5.73 Å². The standard InChI is InChI=1S/C14H27NO2/c1-2-3-4-5-6-10-17-14(16)12-8-7-9-13(15)11-12/h12-13H,2-11,15H2,1H3. The lowest BCUT2D eigenvalue weighted by Gasteiger charge is -2.24. The van der Waals surface area contributed by atoms with Crippen molar-refractivity contribution in [1.29, 1.82) is 0 Å². The van der Waals surface area contributed by atoms with E-state index >= 15 is 0 Å². The van der Waals surface area contributed by atoms with Gasteiger partial charge in [-0.2, -0.15) is 0 Å². The second kappa shape index (κ2) is 8.51. The molecular formula is C14H27NO2. The summed E-state index contributed by atoms with van der Waals surface area (Å²) in [6, 6.07) is 0.200. The summed E-state index contributed by atoms with van der Waals surface area (Å²) in [5, 5.41) is 0. The number of esters is 1. The fourth-order valence-electron chi connectivity index (χ4n) is 2.44. The number of hydrogen-bond donors (Lipinski definition) is 1. The molecule has 0 aromatic heterocycles. The van der Waals surface area contributed by atoms with Crippen LogP contribution in [0.3, 0.4) is 0 Å². The molecule has 0 bridgehead atoms. The minimum atomic E-state index is -0.0179. The first-order valence-corrected chi connectivity index (χ1v) is 7.16. The number of unbranched alkanes of at least 4 members (excludes halogenated alkanes) is 4. The zero-order valence-corrected chi connectivity index (χ0v) is 11.1. The lowest BCUT2D eigenvalue weighted by Crippen LogP contribution is -2.32. The van der Waals surface area contributed by atoms with Crippen LogP contribution in [0.4, 0.5) is 0 Å². The van der Waals surface area contributed by atoms with Gasteiger partial charge in [0.15, 0.2) is 0 Å². The highest BCUT2D eigenvalue weighted by atomic mass is 16.5. The lowest BCUT2D eigenvalue weighted by molar-refractivity contribution is -0.150. The van der Waals surface area contributed by atoms with Crippen molar-refractivity contribution >= 4 is 5.97 Å². The monoisotopic (exact) mass is 241 g/mol. The molecule has 0 aromatic rings. The van der Waals surface area contributed by atoms with Gasteiger partial charge in [0.1, 0.15) is 0 Å². The summed E-state index contributed by atoms with van der Waals surface area (Å²) in [5.41, 5.74) is 5.86. The van der Waals surface area contributed by atoms with Crippen LogP contribution in [0.1, 0.15) is 64.7 Å². The summed E-state index contributed by atoms with van der Waals surface area (Å²) in [4.78, 5) is 11.8.